The lowest BCUT2D eigenvalue weighted by atomic mass is 9.92. The van der Waals surface area contributed by atoms with Gasteiger partial charge >= 0.3 is 5.63 Å². The summed E-state index contributed by atoms with van der Waals surface area (Å²) in [6.45, 7) is 0.777. The smallest absolute Gasteiger partial charge is 0.361 e. The van der Waals surface area contributed by atoms with Gasteiger partial charge in [0.2, 0.25) is 0 Å². The Morgan fingerprint density at radius 1 is 0.821 bits per heavy atom. The number of rotatable bonds is 1. The van der Waals surface area contributed by atoms with Gasteiger partial charge in [0.25, 0.3) is 0 Å². The maximum atomic E-state index is 13.0. The van der Waals surface area contributed by atoms with Gasteiger partial charge in [0.15, 0.2) is 0 Å². The highest BCUT2D eigenvalue weighted by atomic mass is 16.4. The molecule has 2 aromatic heterocycles. The van der Waals surface area contributed by atoms with Gasteiger partial charge in [0.1, 0.15) is 11.1 Å². The number of fused-ring (bicyclic) bond motifs is 7. The SMILES string of the molecule is O=c1oc2ccccc2c2c(-c3ccccc3)c3n(c12)CCc1ccccc1-3. The Kier molecular flexibility index (Phi) is 3.15. The zero-order valence-corrected chi connectivity index (χ0v) is 15.2. The minimum atomic E-state index is -0.267. The van der Waals surface area contributed by atoms with Crippen LogP contribution in [0.25, 0.3) is 44.3 Å². The van der Waals surface area contributed by atoms with E-state index in [1.54, 1.807) is 0 Å². The number of hydrogen-bond acceptors (Lipinski definition) is 2. The van der Waals surface area contributed by atoms with Gasteiger partial charge in [-0.25, -0.2) is 4.79 Å². The number of aryl methyl sites for hydroxylation is 2. The van der Waals surface area contributed by atoms with E-state index in [1.165, 1.54) is 11.1 Å². The fourth-order valence-corrected chi connectivity index (χ4v) is 4.59. The van der Waals surface area contributed by atoms with E-state index in [9.17, 15) is 4.79 Å². The third kappa shape index (κ3) is 2.01. The summed E-state index contributed by atoms with van der Waals surface area (Å²) in [5.74, 6) is 0. The second kappa shape index (κ2) is 5.70. The molecule has 3 aromatic carbocycles. The van der Waals surface area contributed by atoms with E-state index in [0.717, 1.165) is 40.6 Å². The van der Waals surface area contributed by atoms with Crippen molar-refractivity contribution >= 4 is 21.9 Å². The molecule has 134 valence electrons. The summed E-state index contributed by atoms with van der Waals surface area (Å²) in [5.41, 5.74) is 6.91. The predicted molar refractivity (Wildman–Crippen MR) is 113 cm³/mol. The van der Waals surface area contributed by atoms with Gasteiger partial charge in [-0.15, -0.1) is 0 Å². The van der Waals surface area contributed by atoms with Gasteiger partial charge in [-0.2, -0.15) is 0 Å². The van der Waals surface area contributed by atoms with Crippen LogP contribution in [0.3, 0.4) is 0 Å². The number of hydrogen-bond donors (Lipinski definition) is 0. The molecule has 6 rings (SSSR count). The van der Waals surface area contributed by atoms with Gasteiger partial charge in [0, 0.05) is 28.4 Å². The van der Waals surface area contributed by atoms with Crippen molar-refractivity contribution in [2.75, 3.05) is 0 Å². The minimum Gasteiger partial charge on any atom is -0.421 e. The first kappa shape index (κ1) is 15.5. The number of nitrogens with zero attached hydrogens (tertiary/aromatic N) is 1. The zero-order chi connectivity index (χ0) is 18.7. The molecule has 0 radical (unpaired) electrons. The molecule has 3 nitrogen and oxygen atoms in total. The Balaban J connectivity index is 1.91. The highest BCUT2D eigenvalue weighted by Gasteiger charge is 2.28. The van der Waals surface area contributed by atoms with Crippen LogP contribution in [0, 0.1) is 0 Å². The lowest BCUT2D eigenvalue weighted by Gasteiger charge is -2.21. The Bertz CT molecular complexity index is 1420. The maximum Gasteiger partial charge on any atom is 0.361 e. The topological polar surface area (TPSA) is 35.1 Å². The number of aromatic nitrogens is 1. The molecule has 0 spiro atoms. The molecule has 5 aromatic rings. The molecular formula is C25H17NO2. The lowest BCUT2D eigenvalue weighted by Crippen LogP contribution is -2.14. The Morgan fingerprint density at radius 2 is 1.57 bits per heavy atom. The van der Waals surface area contributed by atoms with Crippen LogP contribution in [-0.4, -0.2) is 4.57 Å². The van der Waals surface area contributed by atoms with Gasteiger partial charge < -0.3 is 8.98 Å². The molecule has 0 amide bonds. The standard InChI is InChI=1S/C25H17NO2/c27-25-24-22(19-12-6-7-13-20(19)28-25)21(17-9-2-1-3-10-17)23-18-11-5-4-8-16(18)14-15-26(23)24/h1-13H,14-15H2. The zero-order valence-electron chi connectivity index (χ0n) is 15.2. The summed E-state index contributed by atoms with van der Waals surface area (Å²) >= 11 is 0. The first-order valence-electron chi connectivity index (χ1n) is 9.54. The third-order valence-corrected chi connectivity index (χ3v) is 5.76. The van der Waals surface area contributed by atoms with E-state index < -0.39 is 0 Å². The maximum absolute atomic E-state index is 13.0. The predicted octanol–water partition coefficient (Wildman–Crippen LogP) is 5.64. The van der Waals surface area contributed by atoms with Gasteiger partial charge in [-0.3, -0.25) is 0 Å². The molecule has 3 heteroatoms. The van der Waals surface area contributed by atoms with Crippen LogP contribution in [0.5, 0.6) is 0 Å². The summed E-state index contributed by atoms with van der Waals surface area (Å²) in [5, 5.41) is 1.97. The molecule has 0 N–H and O–H groups in total. The second-order valence-electron chi connectivity index (χ2n) is 7.26. The van der Waals surface area contributed by atoms with Gasteiger partial charge in [-0.1, -0.05) is 72.8 Å². The van der Waals surface area contributed by atoms with Crippen LogP contribution in [-0.2, 0) is 13.0 Å². The largest absolute Gasteiger partial charge is 0.421 e. The van der Waals surface area contributed by atoms with E-state index in [0.29, 0.717) is 11.1 Å². The molecule has 0 aliphatic carbocycles. The molecule has 0 saturated heterocycles. The van der Waals surface area contributed by atoms with E-state index in [4.69, 9.17) is 4.42 Å². The van der Waals surface area contributed by atoms with Crippen molar-refractivity contribution in [2.45, 2.75) is 13.0 Å². The molecule has 1 aliphatic heterocycles. The van der Waals surface area contributed by atoms with Crippen molar-refractivity contribution in [1.82, 2.24) is 4.57 Å². The van der Waals surface area contributed by atoms with E-state index in [-0.39, 0.29) is 5.63 Å². The van der Waals surface area contributed by atoms with E-state index in [1.807, 2.05) is 42.5 Å². The average Bonchev–Trinajstić information content (AvgIpc) is 3.11. The molecular weight excluding hydrogens is 346 g/mol. The molecule has 1 aliphatic rings. The lowest BCUT2D eigenvalue weighted by molar-refractivity contribution is 0.561. The number of benzene rings is 3. The van der Waals surface area contributed by atoms with Crippen molar-refractivity contribution in [3.63, 3.8) is 0 Å². The van der Waals surface area contributed by atoms with Crippen molar-refractivity contribution in [1.29, 1.82) is 0 Å². The van der Waals surface area contributed by atoms with Crippen LogP contribution >= 0.6 is 0 Å². The van der Waals surface area contributed by atoms with Crippen LogP contribution < -0.4 is 5.63 Å². The number of para-hydroxylation sites is 1. The fourth-order valence-electron chi connectivity index (χ4n) is 4.59. The molecule has 0 atom stereocenters. The Hall–Kier alpha value is -3.59. The van der Waals surface area contributed by atoms with Gasteiger partial charge in [-0.05, 0) is 23.6 Å². The highest BCUT2D eigenvalue weighted by Crippen LogP contribution is 2.45. The van der Waals surface area contributed by atoms with Gasteiger partial charge in [0.05, 0.1) is 5.69 Å². The van der Waals surface area contributed by atoms with Crippen molar-refractivity contribution in [2.24, 2.45) is 0 Å². The Morgan fingerprint density at radius 3 is 2.46 bits per heavy atom. The quantitative estimate of drug-likeness (QED) is 0.361. The van der Waals surface area contributed by atoms with Crippen LogP contribution in [0.1, 0.15) is 5.56 Å². The molecule has 0 unspecified atom stereocenters. The van der Waals surface area contributed by atoms with Crippen LogP contribution in [0.2, 0.25) is 0 Å². The molecule has 0 saturated carbocycles. The second-order valence-corrected chi connectivity index (χ2v) is 7.26. The van der Waals surface area contributed by atoms with Crippen molar-refractivity contribution in [3.05, 3.63) is 94.8 Å². The van der Waals surface area contributed by atoms with E-state index in [2.05, 4.69) is 41.0 Å². The Labute approximate surface area is 161 Å². The fraction of sp³-hybridized carbons (Fsp3) is 0.0800. The van der Waals surface area contributed by atoms with Crippen LogP contribution in [0.15, 0.2) is 88.1 Å². The van der Waals surface area contributed by atoms with Crippen LogP contribution in [0.4, 0.5) is 0 Å². The summed E-state index contributed by atoms with van der Waals surface area (Å²) in [4.78, 5) is 13.0. The summed E-state index contributed by atoms with van der Waals surface area (Å²) in [7, 11) is 0. The summed E-state index contributed by atoms with van der Waals surface area (Å²) < 4.78 is 7.87. The highest BCUT2D eigenvalue weighted by molar-refractivity contribution is 6.16. The summed E-state index contributed by atoms with van der Waals surface area (Å²) in [6, 6.07) is 26.7. The molecule has 3 heterocycles. The molecule has 0 bridgehead atoms. The molecule has 28 heavy (non-hydrogen) atoms. The first-order valence-corrected chi connectivity index (χ1v) is 9.54. The van der Waals surface area contributed by atoms with Crippen molar-refractivity contribution < 1.29 is 4.42 Å². The normalized spacial score (nSPS) is 12.9. The summed E-state index contributed by atoms with van der Waals surface area (Å²) in [6.07, 6.45) is 0.910. The minimum absolute atomic E-state index is 0.267. The van der Waals surface area contributed by atoms with E-state index >= 15 is 0 Å². The monoisotopic (exact) mass is 363 g/mol. The first-order chi connectivity index (χ1) is 13.8. The third-order valence-electron chi connectivity index (χ3n) is 5.76. The van der Waals surface area contributed by atoms with Crippen molar-refractivity contribution in [3.8, 4) is 22.4 Å². The molecule has 0 fully saturated rings. The average molecular weight is 363 g/mol.